The van der Waals surface area contributed by atoms with E-state index in [1.807, 2.05) is 11.8 Å². The van der Waals surface area contributed by atoms with Gasteiger partial charge in [-0.05, 0) is 25.7 Å². The van der Waals surface area contributed by atoms with E-state index in [-0.39, 0.29) is 23.8 Å². The van der Waals surface area contributed by atoms with Gasteiger partial charge < -0.3 is 9.80 Å². The number of carbonyl (C=O) groups is 3. The largest absolute Gasteiger partial charge is 0.342 e. The van der Waals surface area contributed by atoms with Gasteiger partial charge in [-0.15, -0.1) is 0 Å². The third-order valence-corrected chi connectivity index (χ3v) is 6.13. The first kappa shape index (κ1) is 17.4. The van der Waals surface area contributed by atoms with Gasteiger partial charge in [-0.2, -0.15) is 0 Å². The molecule has 3 aliphatic heterocycles. The lowest BCUT2D eigenvalue weighted by atomic mass is 9.92. The molecule has 3 aliphatic rings. The number of likely N-dealkylation sites (N-methyl/N-ethyl adjacent to an activating group) is 1. The zero-order valence-corrected chi connectivity index (χ0v) is 14.9. The maximum absolute atomic E-state index is 12.7. The highest BCUT2D eigenvalue weighted by atomic mass is 16.2. The SMILES string of the molecule is CCN1C(=O)C[C@@H]([NH+]2CCC(C(=O)N3CCC(C)CC3)CC2)C1=O. The van der Waals surface area contributed by atoms with E-state index in [1.54, 1.807) is 0 Å². The number of hydrogen-bond donors (Lipinski definition) is 1. The number of carbonyl (C=O) groups excluding carboxylic acids is 3. The van der Waals surface area contributed by atoms with Crippen LogP contribution >= 0.6 is 0 Å². The Morgan fingerprint density at radius 1 is 1.12 bits per heavy atom. The quantitative estimate of drug-likeness (QED) is 0.719. The normalized spacial score (nSPS) is 32.5. The monoisotopic (exact) mass is 336 g/mol. The van der Waals surface area contributed by atoms with Crippen LogP contribution in [0.3, 0.4) is 0 Å². The first-order valence-electron chi connectivity index (χ1n) is 9.48. The molecule has 1 atom stereocenters. The minimum Gasteiger partial charge on any atom is -0.342 e. The average Bonchev–Trinajstić information content (AvgIpc) is 2.89. The van der Waals surface area contributed by atoms with Crippen molar-refractivity contribution in [2.75, 3.05) is 32.7 Å². The molecule has 6 heteroatoms. The first-order valence-corrected chi connectivity index (χ1v) is 9.48. The van der Waals surface area contributed by atoms with Gasteiger partial charge in [0.25, 0.3) is 5.91 Å². The van der Waals surface area contributed by atoms with Crippen LogP contribution in [0.25, 0.3) is 0 Å². The number of likely N-dealkylation sites (tertiary alicyclic amines) is 3. The topological polar surface area (TPSA) is 62.1 Å². The van der Waals surface area contributed by atoms with Crippen molar-refractivity contribution in [2.45, 2.75) is 52.0 Å². The van der Waals surface area contributed by atoms with Crippen LogP contribution in [0.2, 0.25) is 0 Å². The summed E-state index contributed by atoms with van der Waals surface area (Å²) in [5.41, 5.74) is 0. The Morgan fingerprint density at radius 2 is 1.75 bits per heavy atom. The molecule has 0 aromatic rings. The lowest BCUT2D eigenvalue weighted by Crippen LogP contribution is -3.17. The second-order valence-electron chi connectivity index (χ2n) is 7.67. The number of quaternary nitrogens is 1. The Balaban J connectivity index is 1.52. The lowest BCUT2D eigenvalue weighted by Gasteiger charge is -2.36. The molecule has 134 valence electrons. The molecule has 24 heavy (non-hydrogen) atoms. The molecule has 3 heterocycles. The van der Waals surface area contributed by atoms with Crippen LogP contribution < -0.4 is 4.90 Å². The second kappa shape index (κ2) is 7.21. The van der Waals surface area contributed by atoms with Gasteiger partial charge in [0.05, 0.1) is 19.5 Å². The molecule has 6 nitrogen and oxygen atoms in total. The van der Waals surface area contributed by atoms with Crippen molar-refractivity contribution < 1.29 is 19.3 Å². The Labute approximate surface area is 144 Å². The Kier molecular flexibility index (Phi) is 5.23. The fourth-order valence-corrected chi connectivity index (χ4v) is 4.41. The van der Waals surface area contributed by atoms with Crippen molar-refractivity contribution in [2.24, 2.45) is 11.8 Å². The molecular formula is C18H30N3O3+. The fraction of sp³-hybridized carbons (Fsp3) is 0.833. The minimum atomic E-state index is -0.218. The smallest absolute Gasteiger partial charge is 0.287 e. The van der Waals surface area contributed by atoms with Gasteiger partial charge in [0.2, 0.25) is 11.8 Å². The van der Waals surface area contributed by atoms with E-state index in [4.69, 9.17) is 0 Å². The van der Waals surface area contributed by atoms with Gasteiger partial charge in [-0.3, -0.25) is 19.3 Å². The predicted molar refractivity (Wildman–Crippen MR) is 89.2 cm³/mol. The molecule has 3 fully saturated rings. The highest BCUT2D eigenvalue weighted by Crippen LogP contribution is 2.21. The summed E-state index contributed by atoms with van der Waals surface area (Å²) in [4.78, 5) is 41.6. The molecule has 0 aliphatic carbocycles. The van der Waals surface area contributed by atoms with Gasteiger partial charge in [0.15, 0.2) is 6.04 Å². The summed E-state index contributed by atoms with van der Waals surface area (Å²) in [6, 6.07) is -0.218. The highest BCUT2D eigenvalue weighted by molar-refractivity contribution is 6.04. The van der Waals surface area contributed by atoms with Gasteiger partial charge in [0, 0.05) is 38.4 Å². The summed E-state index contributed by atoms with van der Waals surface area (Å²) in [6.07, 6.45) is 4.24. The summed E-state index contributed by atoms with van der Waals surface area (Å²) in [6.45, 7) is 8.00. The van der Waals surface area contributed by atoms with E-state index in [2.05, 4.69) is 6.92 Å². The summed E-state index contributed by atoms with van der Waals surface area (Å²) >= 11 is 0. The Bertz CT molecular complexity index is 506. The maximum atomic E-state index is 12.7. The molecule has 0 aromatic heterocycles. The number of imide groups is 1. The van der Waals surface area contributed by atoms with Crippen LogP contribution in [0.15, 0.2) is 0 Å². The number of hydrogen-bond acceptors (Lipinski definition) is 3. The van der Waals surface area contributed by atoms with Crippen LogP contribution in [0.4, 0.5) is 0 Å². The third-order valence-electron chi connectivity index (χ3n) is 6.13. The van der Waals surface area contributed by atoms with Gasteiger partial charge in [-0.25, -0.2) is 0 Å². The lowest BCUT2D eigenvalue weighted by molar-refractivity contribution is -0.920. The van der Waals surface area contributed by atoms with Crippen molar-refractivity contribution in [1.29, 1.82) is 0 Å². The van der Waals surface area contributed by atoms with Gasteiger partial charge in [-0.1, -0.05) is 6.92 Å². The fourth-order valence-electron chi connectivity index (χ4n) is 4.41. The molecule has 3 saturated heterocycles. The van der Waals surface area contributed by atoms with Crippen LogP contribution in [0, 0.1) is 11.8 Å². The maximum Gasteiger partial charge on any atom is 0.287 e. The summed E-state index contributed by atoms with van der Waals surface area (Å²) in [5.74, 6) is 1.09. The second-order valence-corrected chi connectivity index (χ2v) is 7.67. The van der Waals surface area contributed by atoms with E-state index in [9.17, 15) is 14.4 Å². The predicted octanol–water partition coefficient (Wildman–Crippen LogP) is -0.313. The number of piperidine rings is 2. The molecule has 3 amide bonds. The zero-order valence-electron chi connectivity index (χ0n) is 14.9. The molecule has 3 rings (SSSR count). The summed E-state index contributed by atoms with van der Waals surface area (Å²) in [7, 11) is 0. The molecule has 0 aromatic carbocycles. The third kappa shape index (κ3) is 3.34. The number of amides is 3. The van der Waals surface area contributed by atoms with Crippen molar-refractivity contribution in [3.8, 4) is 0 Å². The highest BCUT2D eigenvalue weighted by Gasteiger charge is 2.45. The average molecular weight is 336 g/mol. The molecule has 0 saturated carbocycles. The van der Waals surface area contributed by atoms with E-state index in [0.29, 0.717) is 18.9 Å². The van der Waals surface area contributed by atoms with Crippen molar-refractivity contribution >= 4 is 17.7 Å². The zero-order chi connectivity index (χ0) is 17.3. The number of rotatable bonds is 3. The van der Waals surface area contributed by atoms with E-state index < -0.39 is 0 Å². The van der Waals surface area contributed by atoms with Crippen LogP contribution in [0.5, 0.6) is 0 Å². The van der Waals surface area contributed by atoms with Crippen LogP contribution in [-0.4, -0.2) is 66.3 Å². The first-order chi connectivity index (χ1) is 11.5. The summed E-state index contributed by atoms with van der Waals surface area (Å²) < 4.78 is 0. The molecule has 0 spiro atoms. The molecule has 0 bridgehead atoms. The summed E-state index contributed by atoms with van der Waals surface area (Å²) in [5, 5.41) is 0. The van der Waals surface area contributed by atoms with Crippen molar-refractivity contribution in [1.82, 2.24) is 9.80 Å². The standard InChI is InChI=1S/C18H29N3O3/c1-3-21-16(22)12-15(18(21)24)19-10-6-14(7-11-19)17(23)20-8-4-13(2)5-9-20/h13-15H,3-12H2,1-2H3/p+1/t15-/m1/s1. The van der Waals surface area contributed by atoms with Gasteiger partial charge in [0.1, 0.15) is 0 Å². The molecule has 0 unspecified atom stereocenters. The van der Waals surface area contributed by atoms with Gasteiger partial charge >= 0.3 is 0 Å². The Morgan fingerprint density at radius 3 is 2.29 bits per heavy atom. The van der Waals surface area contributed by atoms with E-state index in [1.165, 1.54) is 9.80 Å². The van der Waals surface area contributed by atoms with Crippen molar-refractivity contribution in [3.05, 3.63) is 0 Å². The molecular weight excluding hydrogens is 306 g/mol. The van der Waals surface area contributed by atoms with Crippen molar-refractivity contribution in [3.63, 3.8) is 0 Å². The molecule has 1 N–H and O–H groups in total. The minimum absolute atomic E-state index is 0.0210. The van der Waals surface area contributed by atoms with E-state index >= 15 is 0 Å². The van der Waals surface area contributed by atoms with E-state index in [0.717, 1.165) is 57.8 Å². The number of nitrogens with one attached hydrogen (secondary N) is 1. The van der Waals surface area contributed by atoms with Crippen LogP contribution in [0.1, 0.15) is 46.0 Å². The van der Waals surface area contributed by atoms with Crippen LogP contribution in [-0.2, 0) is 14.4 Å². The Hall–Kier alpha value is -1.43. The number of nitrogens with zero attached hydrogens (tertiary/aromatic N) is 2. The molecule has 0 radical (unpaired) electrons.